The lowest BCUT2D eigenvalue weighted by atomic mass is 9.97. The van der Waals surface area contributed by atoms with Crippen molar-refractivity contribution in [2.24, 2.45) is 11.8 Å². The van der Waals surface area contributed by atoms with E-state index in [-0.39, 0.29) is 17.4 Å². The summed E-state index contributed by atoms with van der Waals surface area (Å²) in [6, 6.07) is 5.06. The predicted octanol–water partition coefficient (Wildman–Crippen LogP) is 2.98. The zero-order valence-corrected chi connectivity index (χ0v) is 11.1. The maximum atomic E-state index is 13.6. The van der Waals surface area contributed by atoms with E-state index in [4.69, 9.17) is 11.6 Å². The number of aliphatic hydroxyl groups is 1. The molecule has 2 nitrogen and oxygen atoms in total. The van der Waals surface area contributed by atoms with Gasteiger partial charge in [0.2, 0.25) is 0 Å². The first kappa shape index (κ1) is 13.8. The quantitative estimate of drug-likeness (QED) is 0.863. The first-order valence-electron chi connectivity index (χ1n) is 6.47. The van der Waals surface area contributed by atoms with Crippen LogP contribution in [0.4, 0.5) is 4.39 Å². The zero-order valence-electron chi connectivity index (χ0n) is 10.3. The van der Waals surface area contributed by atoms with Crippen LogP contribution in [0.1, 0.15) is 24.8 Å². The van der Waals surface area contributed by atoms with Crippen LogP contribution in [-0.2, 0) is 6.54 Å². The van der Waals surface area contributed by atoms with Gasteiger partial charge in [-0.05, 0) is 37.3 Å². The molecule has 18 heavy (non-hydrogen) atoms. The van der Waals surface area contributed by atoms with Crippen molar-refractivity contribution < 1.29 is 9.50 Å². The number of hydrogen-bond acceptors (Lipinski definition) is 2. The van der Waals surface area contributed by atoms with E-state index < -0.39 is 0 Å². The minimum atomic E-state index is -0.336. The third-order valence-electron chi connectivity index (χ3n) is 3.80. The molecule has 1 fully saturated rings. The largest absolute Gasteiger partial charge is 0.396 e. The van der Waals surface area contributed by atoms with E-state index in [1.807, 2.05) is 0 Å². The average molecular weight is 272 g/mol. The molecule has 2 unspecified atom stereocenters. The van der Waals surface area contributed by atoms with Gasteiger partial charge in [0, 0.05) is 18.7 Å². The Hall–Kier alpha value is -0.640. The van der Waals surface area contributed by atoms with Gasteiger partial charge in [-0.25, -0.2) is 4.39 Å². The number of rotatable bonds is 5. The Kier molecular flexibility index (Phi) is 4.98. The molecule has 100 valence electrons. The van der Waals surface area contributed by atoms with E-state index >= 15 is 0 Å². The molecule has 0 heterocycles. The highest BCUT2D eigenvalue weighted by molar-refractivity contribution is 6.30. The molecule has 2 atom stereocenters. The van der Waals surface area contributed by atoms with Crippen LogP contribution in [0.5, 0.6) is 0 Å². The molecule has 0 spiro atoms. The molecule has 1 aromatic carbocycles. The fourth-order valence-electron chi connectivity index (χ4n) is 2.70. The third kappa shape index (κ3) is 3.22. The van der Waals surface area contributed by atoms with Gasteiger partial charge in [0.15, 0.2) is 0 Å². The average Bonchev–Trinajstić information content (AvgIpc) is 2.82. The van der Waals surface area contributed by atoms with E-state index in [2.05, 4.69) is 5.32 Å². The second kappa shape index (κ2) is 6.50. The molecule has 1 saturated carbocycles. The lowest BCUT2D eigenvalue weighted by Crippen LogP contribution is -2.26. The fourth-order valence-corrected chi connectivity index (χ4v) is 2.89. The van der Waals surface area contributed by atoms with Crippen LogP contribution in [0.2, 0.25) is 5.02 Å². The van der Waals surface area contributed by atoms with Crippen LogP contribution >= 0.6 is 11.6 Å². The Morgan fingerprint density at radius 1 is 1.33 bits per heavy atom. The van der Waals surface area contributed by atoms with Gasteiger partial charge >= 0.3 is 0 Å². The summed E-state index contributed by atoms with van der Waals surface area (Å²) in [4.78, 5) is 0. The molecule has 4 heteroatoms. The maximum Gasteiger partial charge on any atom is 0.146 e. The predicted molar refractivity (Wildman–Crippen MR) is 71.0 cm³/mol. The van der Waals surface area contributed by atoms with Gasteiger partial charge in [0.1, 0.15) is 5.82 Å². The third-order valence-corrected chi connectivity index (χ3v) is 4.10. The van der Waals surface area contributed by atoms with Crippen LogP contribution in [0.15, 0.2) is 18.2 Å². The van der Waals surface area contributed by atoms with Crippen molar-refractivity contribution in [3.63, 3.8) is 0 Å². The van der Waals surface area contributed by atoms with E-state index in [9.17, 15) is 9.50 Å². The zero-order chi connectivity index (χ0) is 13.0. The number of nitrogens with one attached hydrogen (secondary N) is 1. The van der Waals surface area contributed by atoms with Gasteiger partial charge in [-0.2, -0.15) is 0 Å². The summed E-state index contributed by atoms with van der Waals surface area (Å²) in [5, 5.41) is 12.7. The van der Waals surface area contributed by atoms with Crippen molar-refractivity contribution in [1.29, 1.82) is 0 Å². The molecule has 1 aliphatic rings. The minimum Gasteiger partial charge on any atom is -0.396 e. The summed E-state index contributed by atoms with van der Waals surface area (Å²) >= 11 is 5.73. The van der Waals surface area contributed by atoms with Crippen LogP contribution in [0, 0.1) is 17.7 Å². The van der Waals surface area contributed by atoms with Gasteiger partial charge in [-0.15, -0.1) is 0 Å². The molecule has 0 amide bonds. The monoisotopic (exact) mass is 271 g/mol. The number of halogens is 2. The summed E-state index contributed by atoms with van der Waals surface area (Å²) in [7, 11) is 0. The first-order valence-corrected chi connectivity index (χ1v) is 6.84. The van der Waals surface area contributed by atoms with E-state index in [1.165, 1.54) is 6.42 Å². The molecule has 0 radical (unpaired) electrons. The Balaban J connectivity index is 1.83. The summed E-state index contributed by atoms with van der Waals surface area (Å²) in [5.41, 5.74) is 0.598. The topological polar surface area (TPSA) is 32.3 Å². The van der Waals surface area contributed by atoms with Crippen LogP contribution in [0.3, 0.4) is 0 Å². The lowest BCUT2D eigenvalue weighted by Gasteiger charge is -2.18. The number of aliphatic hydroxyl groups excluding tert-OH is 1. The van der Waals surface area contributed by atoms with E-state index in [0.29, 0.717) is 23.9 Å². The van der Waals surface area contributed by atoms with Crippen molar-refractivity contribution in [2.45, 2.75) is 25.8 Å². The van der Waals surface area contributed by atoms with Gasteiger partial charge in [0.05, 0.1) is 5.02 Å². The van der Waals surface area contributed by atoms with Gasteiger partial charge in [-0.3, -0.25) is 0 Å². The molecule has 1 aromatic rings. The molecule has 0 aromatic heterocycles. The standard InChI is InChI=1S/C14H19ClFNO/c15-13-6-2-4-11(14(13)16)8-17-7-10-3-1-5-12(10)9-18/h2,4,6,10,12,17-18H,1,3,5,7-9H2. The fraction of sp³-hybridized carbons (Fsp3) is 0.571. The Labute approximate surface area is 112 Å². The van der Waals surface area contributed by atoms with Crippen molar-refractivity contribution in [2.75, 3.05) is 13.2 Å². The van der Waals surface area contributed by atoms with Gasteiger partial charge < -0.3 is 10.4 Å². The van der Waals surface area contributed by atoms with E-state index in [0.717, 1.165) is 19.4 Å². The lowest BCUT2D eigenvalue weighted by molar-refractivity contribution is 0.192. The summed E-state index contributed by atoms with van der Waals surface area (Å²) in [6.45, 7) is 1.58. The molecular weight excluding hydrogens is 253 g/mol. The molecule has 2 rings (SSSR count). The van der Waals surface area contributed by atoms with E-state index in [1.54, 1.807) is 18.2 Å². The maximum absolute atomic E-state index is 13.6. The van der Waals surface area contributed by atoms with Crippen LogP contribution in [0.25, 0.3) is 0 Å². The highest BCUT2D eigenvalue weighted by atomic mass is 35.5. The SMILES string of the molecule is OCC1CCCC1CNCc1cccc(Cl)c1F. The molecule has 0 aliphatic heterocycles. The highest BCUT2D eigenvalue weighted by Gasteiger charge is 2.25. The van der Waals surface area contributed by atoms with Crippen molar-refractivity contribution in [3.8, 4) is 0 Å². The summed E-state index contributed by atoms with van der Waals surface area (Å²) in [5.74, 6) is 0.579. The first-order chi connectivity index (χ1) is 8.72. The highest BCUT2D eigenvalue weighted by Crippen LogP contribution is 2.30. The Morgan fingerprint density at radius 3 is 2.89 bits per heavy atom. The Morgan fingerprint density at radius 2 is 2.11 bits per heavy atom. The molecule has 1 aliphatic carbocycles. The summed E-state index contributed by atoms with van der Waals surface area (Å²) < 4.78 is 13.6. The van der Waals surface area contributed by atoms with Crippen LogP contribution in [-0.4, -0.2) is 18.3 Å². The number of hydrogen-bond donors (Lipinski definition) is 2. The van der Waals surface area contributed by atoms with Crippen molar-refractivity contribution >= 4 is 11.6 Å². The number of benzene rings is 1. The smallest absolute Gasteiger partial charge is 0.146 e. The van der Waals surface area contributed by atoms with Gasteiger partial charge in [0.25, 0.3) is 0 Å². The molecule has 0 bridgehead atoms. The second-order valence-electron chi connectivity index (χ2n) is 4.98. The Bertz CT molecular complexity index is 399. The summed E-state index contributed by atoms with van der Waals surface area (Å²) in [6.07, 6.45) is 3.44. The normalized spacial score (nSPS) is 23.5. The second-order valence-corrected chi connectivity index (χ2v) is 5.38. The van der Waals surface area contributed by atoms with Crippen molar-refractivity contribution in [1.82, 2.24) is 5.32 Å². The van der Waals surface area contributed by atoms with Crippen LogP contribution < -0.4 is 5.32 Å². The molecule has 2 N–H and O–H groups in total. The van der Waals surface area contributed by atoms with Crippen molar-refractivity contribution in [3.05, 3.63) is 34.6 Å². The molecule has 0 saturated heterocycles. The minimum absolute atomic E-state index is 0.170. The van der Waals surface area contributed by atoms with Gasteiger partial charge in [-0.1, -0.05) is 30.2 Å². The molecular formula is C14H19ClFNO.